The van der Waals surface area contributed by atoms with Crippen LogP contribution in [0.15, 0.2) is 83.7 Å². The van der Waals surface area contributed by atoms with Gasteiger partial charge < -0.3 is 40.4 Å². The van der Waals surface area contributed by atoms with Gasteiger partial charge in [-0.05, 0) is 98.6 Å². The van der Waals surface area contributed by atoms with Gasteiger partial charge in [0.1, 0.15) is 17.6 Å². The minimum Gasteiger partial charge on any atom is -0.506 e. The molecule has 276 valence electrons. The SMILES string of the molecule is O=C(NC(c1ccccc1)c1cccc(OC(CCCCCCNCC(O)c2ccc(O)c3[nH]c(=O)ccc23)C(=O)O)c1)OC1CN2CCC1CC2. The smallest absolute Gasteiger partial charge is 0.408 e. The Balaban J connectivity index is 0.965. The second-order valence-corrected chi connectivity index (χ2v) is 13.8. The molecule has 1 aromatic heterocycles. The number of hydrogen-bond acceptors (Lipinski definition) is 9. The third-order valence-corrected chi connectivity index (χ3v) is 10.2. The van der Waals surface area contributed by atoms with Crippen molar-refractivity contribution < 1.29 is 34.4 Å². The lowest BCUT2D eigenvalue weighted by molar-refractivity contribution is -0.145. The van der Waals surface area contributed by atoms with Crippen LogP contribution in [0.5, 0.6) is 11.5 Å². The highest BCUT2D eigenvalue weighted by Crippen LogP contribution is 2.31. The molecule has 0 saturated carbocycles. The number of unbranched alkanes of at least 4 members (excludes halogenated alkanes) is 3. The van der Waals surface area contributed by atoms with E-state index >= 15 is 0 Å². The molecule has 52 heavy (non-hydrogen) atoms. The monoisotopic (exact) mass is 712 g/mol. The zero-order chi connectivity index (χ0) is 36.5. The van der Waals surface area contributed by atoms with E-state index < -0.39 is 30.3 Å². The molecule has 0 spiro atoms. The van der Waals surface area contributed by atoms with Crippen molar-refractivity contribution in [2.45, 2.75) is 69.3 Å². The quantitative estimate of drug-likeness (QED) is 0.0795. The number of aromatic hydroxyl groups is 1. The summed E-state index contributed by atoms with van der Waals surface area (Å²) >= 11 is 0. The van der Waals surface area contributed by atoms with Crippen LogP contribution in [0.1, 0.15) is 73.8 Å². The van der Waals surface area contributed by atoms with Gasteiger partial charge in [-0.1, -0.05) is 61.4 Å². The highest BCUT2D eigenvalue weighted by molar-refractivity contribution is 5.87. The maximum atomic E-state index is 13.2. The van der Waals surface area contributed by atoms with Crippen LogP contribution in [0, 0.1) is 5.92 Å². The number of amides is 1. The van der Waals surface area contributed by atoms with Gasteiger partial charge in [-0.2, -0.15) is 0 Å². The second kappa shape index (κ2) is 17.5. The van der Waals surface area contributed by atoms with Crippen LogP contribution in [-0.4, -0.2) is 82.2 Å². The first kappa shape index (κ1) is 36.9. The number of pyridine rings is 1. The number of rotatable bonds is 17. The number of H-pyrrole nitrogens is 1. The molecule has 4 aromatic rings. The molecule has 3 saturated heterocycles. The number of carboxylic acids is 1. The lowest BCUT2D eigenvalue weighted by atomic mass is 9.86. The Morgan fingerprint density at radius 3 is 2.44 bits per heavy atom. The standard InChI is InChI=1S/C40H48N4O8/c45-32-16-14-30(31-15-17-36(47)42-38(31)32)33(46)24-41-20-7-2-1-6-13-34(39(48)49)51-29-12-8-11-28(23-29)37(27-9-4-3-5-10-27)43-40(50)52-35-25-44-21-18-26(35)19-22-44/h3-5,8-12,14-17,23,26,33-35,37,41,45-46H,1-2,6-7,13,18-22,24-25H2,(H,42,47)(H,43,50)(H,48,49). The highest BCUT2D eigenvalue weighted by Gasteiger charge is 2.37. The van der Waals surface area contributed by atoms with E-state index in [1.165, 1.54) is 12.1 Å². The van der Waals surface area contributed by atoms with Crippen molar-refractivity contribution in [3.63, 3.8) is 0 Å². The van der Waals surface area contributed by atoms with E-state index in [2.05, 4.69) is 20.5 Å². The van der Waals surface area contributed by atoms with Gasteiger partial charge in [-0.25, -0.2) is 9.59 Å². The fraction of sp³-hybridized carbons (Fsp3) is 0.425. The lowest BCUT2D eigenvalue weighted by Crippen LogP contribution is -2.52. The number of carbonyl (C=O) groups excluding carboxylic acids is 1. The number of aromatic nitrogens is 1. The van der Waals surface area contributed by atoms with Gasteiger partial charge in [0, 0.05) is 24.5 Å². The molecule has 2 bridgehead atoms. The van der Waals surface area contributed by atoms with Crippen LogP contribution >= 0.6 is 0 Å². The van der Waals surface area contributed by atoms with Crippen LogP contribution in [0.25, 0.3) is 10.9 Å². The third kappa shape index (κ3) is 9.49. The number of aliphatic hydroxyl groups excluding tert-OH is 1. The zero-order valence-electron chi connectivity index (χ0n) is 29.2. The summed E-state index contributed by atoms with van der Waals surface area (Å²) in [6.07, 6.45) is 3.16. The molecule has 3 fully saturated rings. The van der Waals surface area contributed by atoms with E-state index in [0.717, 1.165) is 62.9 Å². The van der Waals surface area contributed by atoms with Gasteiger partial charge >= 0.3 is 12.1 Å². The number of aliphatic carboxylic acids is 1. The molecular weight excluding hydrogens is 664 g/mol. The fourth-order valence-corrected chi connectivity index (χ4v) is 7.33. The summed E-state index contributed by atoms with van der Waals surface area (Å²) in [4.78, 5) is 42.0. The van der Waals surface area contributed by atoms with E-state index in [1.807, 2.05) is 36.4 Å². The van der Waals surface area contributed by atoms with Crippen molar-refractivity contribution in [3.05, 3.63) is 106 Å². The van der Waals surface area contributed by atoms with Crippen LogP contribution < -0.4 is 20.9 Å². The maximum absolute atomic E-state index is 13.2. The summed E-state index contributed by atoms with van der Waals surface area (Å²) in [5.41, 5.74) is 2.20. The van der Waals surface area contributed by atoms with Gasteiger partial charge in [-0.3, -0.25) is 9.69 Å². The number of aliphatic hydroxyl groups is 1. The Bertz CT molecular complexity index is 1860. The topological polar surface area (TPSA) is 173 Å². The Morgan fingerprint density at radius 2 is 1.69 bits per heavy atom. The number of phenols is 1. The molecule has 4 unspecified atom stereocenters. The summed E-state index contributed by atoms with van der Waals surface area (Å²) in [6.45, 7) is 3.84. The first-order chi connectivity index (χ1) is 25.2. The Morgan fingerprint density at radius 1 is 0.923 bits per heavy atom. The molecule has 3 aliphatic rings. The van der Waals surface area contributed by atoms with Crippen molar-refractivity contribution in [2.24, 2.45) is 5.92 Å². The van der Waals surface area contributed by atoms with Crippen LogP contribution in [0.4, 0.5) is 4.79 Å². The number of nitrogens with zero attached hydrogens (tertiary/aromatic N) is 1. The molecule has 0 aliphatic carbocycles. The summed E-state index contributed by atoms with van der Waals surface area (Å²) in [6, 6.07) is 22.3. The van der Waals surface area contributed by atoms with Crippen LogP contribution in [-0.2, 0) is 9.53 Å². The summed E-state index contributed by atoms with van der Waals surface area (Å²) in [5.74, 6) is -0.288. The summed E-state index contributed by atoms with van der Waals surface area (Å²) < 4.78 is 11.9. The third-order valence-electron chi connectivity index (χ3n) is 10.2. The maximum Gasteiger partial charge on any atom is 0.408 e. The lowest BCUT2D eigenvalue weighted by Gasteiger charge is -2.43. The van der Waals surface area contributed by atoms with Gasteiger partial charge in [0.25, 0.3) is 0 Å². The number of alkyl carbamates (subject to hydrolysis) is 1. The Kier molecular flexibility index (Phi) is 12.4. The molecule has 1 amide bonds. The minimum absolute atomic E-state index is 0.0527. The van der Waals surface area contributed by atoms with E-state index in [9.17, 15) is 29.7 Å². The predicted octanol–water partition coefficient (Wildman–Crippen LogP) is 5.25. The number of benzene rings is 3. The largest absolute Gasteiger partial charge is 0.506 e. The molecule has 4 atom stereocenters. The number of aromatic amines is 1. The Labute approximate surface area is 302 Å². The average Bonchev–Trinajstić information content (AvgIpc) is 3.15. The molecule has 6 N–H and O–H groups in total. The van der Waals surface area contributed by atoms with Crippen LogP contribution in [0.3, 0.4) is 0 Å². The molecule has 12 heteroatoms. The number of fused-ring (bicyclic) bond motifs is 4. The van der Waals surface area contributed by atoms with Crippen molar-refractivity contribution in [1.82, 2.24) is 20.5 Å². The predicted molar refractivity (Wildman–Crippen MR) is 196 cm³/mol. The van der Waals surface area contributed by atoms with Crippen molar-refractivity contribution in [3.8, 4) is 11.5 Å². The number of phenolic OH excluding ortho intramolecular Hbond substituents is 1. The number of ether oxygens (including phenoxy) is 2. The molecule has 7 rings (SSSR count). The van der Waals surface area contributed by atoms with Crippen molar-refractivity contribution >= 4 is 23.0 Å². The van der Waals surface area contributed by atoms with E-state index in [0.29, 0.717) is 54.1 Å². The molecule has 4 heterocycles. The average molecular weight is 713 g/mol. The van der Waals surface area contributed by atoms with Crippen LogP contribution in [0.2, 0.25) is 0 Å². The molecule has 3 aliphatic heterocycles. The molecular formula is C40H48N4O8. The van der Waals surface area contributed by atoms with Crippen molar-refractivity contribution in [1.29, 1.82) is 0 Å². The molecule has 3 aromatic carbocycles. The Hall–Kier alpha value is -4.91. The molecule has 0 radical (unpaired) electrons. The summed E-state index contributed by atoms with van der Waals surface area (Å²) in [7, 11) is 0. The second-order valence-electron chi connectivity index (χ2n) is 13.8. The molecule has 12 nitrogen and oxygen atoms in total. The number of carboxylic acid groups (broad SMARTS) is 1. The van der Waals surface area contributed by atoms with E-state index in [4.69, 9.17) is 9.47 Å². The number of piperidine rings is 3. The van der Waals surface area contributed by atoms with Gasteiger partial charge in [0.15, 0.2) is 6.10 Å². The van der Waals surface area contributed by atoms with E-state index in [1.54, 1.807) is 30.3 Å². The number of nitrogens with one attached hydrogen (secondary N) is 3. The summed E-state index contributed by atoms with van der Waals surface area (Å²) in [5, 5.41) is 37.7. The fourth-order valence-electron chi connectivity index (χ4n) is 7.33. The minimum atomic E-state index is -1.04. The number of carbonyl (C=O) groups is 2. The van der Waals surface area contributed by atoms with Gasteiger partial charge in [0.2, 0.25) is 5.56 Å². The van der Waals surface area contributed by atoms with Gasteiger partial charge in [-0.15, -0.1) is 0 Å². The highest BCUT2D eigenvalue weighted by atomic mass is 16.6. The first-order valence-corrected chi connectivity index (χ1v) is 18.2. The first-order valence-electron chi connectivity index (χ1n) is 18.2. The normalized spacial score (nSPS) is 19.8. The van der Waals surface area contributed by atoms with Gasteiger partial charge in [0.05, 0.1) is 17.7 Å². The van der Waals surface area contributed by atoms with E-state index in [-0.39, 0.29) is 17.4 Å². The zero-order valence-corrected chi connectivity index (χ0v) is 29.2. The number of hydrogen-bond donors (Lipinski definition) is 6. The van der Waals surface area contributed by atoms with Crippen molar-refractivity contribution in [2.75, 3.05) is 32.7 Å².